The monoisotopic (exact) mass is 381 g/mol. The van der Waals surface area contributed by atoms with Crippen LogP contribution in [0.1, 0.15) is 50.2 Å². The lowest BCUT2D eigenvalue weighted by Crippen LogP contribution is -2.46. The highest BCUT2D eigenvalue weighted by Crippen LogP contribution is 2.40. The van der Waals surface area contributed by atoms with Crippen molar-refractivity contribution in [2.75, 3.05) is 13.1 Å². The highest BCUT2D eigenvalue weighted by Gasteiger charge is 2.34. The van der Waals surface area contributed by atoms with Crippen LogP contribution in [0.5, 0.6) is 0 Å². The molecule has 2 aromatic carbocycles. The summed E-state index contributed by atoms with van der Waals surface area (Å²) in [6.45, 7) is 8.50. The van der Waals surface area contributed by atoms with Crippen molar-refractivity contribution in [3.8, 4) is 0 Å². The van der Waals surface area contributed by atoms with E-state index >= 15 is 0 Å². The van der Waals surface area contributed by atoms with Crippen LogP contribution in [-0.4, -0.2) is 36.1 Å². The zero-order valence-corrected chi connectivity index (χ0v) is 17.4. The fourth-order valence-corrected chi connectivity index (χ4v) is 4.48. The molecule has 1 aliphatic heterocycles. The average Bonchev–Trinajstić information content (AvgIpc) is 2.69. The van der Waals surface area contributed by atoms with E-state index in [1.807, 2.05) is 6.82 Å². The molecule has 0 unspecified atom stereocenters. The first-order chi connectivity index (χ1) is 13.4. The average molecular weight is 381 g/mol. The van der Waals surface area contributed by atoms with Gasteiger partial charge in [0.2, 0.25) is 0 Å². The molecule has 28 heavy (non-hydrogen) atoms. The van der Waals surface area contributed by atoms with Gasteiger partial charge in [-0.1, -0.05) is 55.3 Å². The van der Waals surface area contributed by atoms with Crippen molar-refractivity contribution in [1.82, 2.24) is 4.81 Å². The maximum Gasteiger partial charge on any atom is 0.376 e. The fraction of sp³-hybridized carbons (Fsp3) is 0.522. The van der Waals surface area contributed by atoms with Gasteiger partial charge >= 0.3 is 13.2 Å². The van der Waals surface area contributed by atoms with Crippen molar-refractivity contribution in [3.63, 3.8) is 0 Å². The van der Waals surface area contributed by atoms with E-state index in [0.29, 0.717) is 5.41 Å². The Hall–Kier alpha value is -1.94. The van der Waals surface area contributed by atoms with Gasteiger partial charge in [-0.2, -0.15) is 9.59 Å². The van der Waals surface area contributed by atoms with Crippen LogP contribution in [0.2, 0.25) is 6.82 Å². The summed E-state index contributed by atoms with van der Waals surface area (Å²) < 4.78 is 0. The van der Waals surface area contributed by atoms with Crippen LogP contribution in [0.25, 0.3) is 10.8 Å². The molecule has 1 heterocycles. The Balaban J connectivity index is 0.000000878. The van der Waals surface area contributed by atoms with Gasteiger partial charge in [0.25, 0.3) is 0 Å². The van der Waals surface area contributed by atoms with Gasteiger partial charge in [-0.25, -0.2) is 0 Å². The normalized spacial score (nSPS) is 16.1. The molecule has 4 nitrogen and oxygen atoms in total. The second kappa shape index (κ2) is 10.6. The Morgan fingerprint density at radius 2 is 1.86 bits per heavy atom. The van der Waals surface area contributed by atoms with Crippen LogP contribution in [0.15, 0.2) is 36.4 Å². The quantitative estimate of drug-likeness (QED) is 0.749. The van der Waals surface area contributed by atoms with Gasteiger partial charge in [0, 0.05) is 0 Å². The third-order valence-corrected chi connectivity index (χ3v) is 6.42. The second-order valence-electron chi connectivity index (χ2n) is 8.10. The summed E-state index contributed by atoms with van der Waals surface area (Å²) in [5.74, 6) is 0. The SMILES string of the molecule is CCC1(CCCc2cccc3ccc(C)cc23)CCN(B(C)O)CC1.O=C=O. The number of aryl methyl sites for hydroxylation is 2. The fourth-order valence-electron chi connectivity index (χ4n) is 4.48. The third kappa shape index (κ3) is 5.78. The summed E-state index contributed by atoms with van der Waals surface area (Å²) >= 11 is 0. The smallest absolute Gasteiger partial charge is 0.376 e. The molecule has 2 aromatic rings. The number of hydrogen-bond acceptors (Lipinski definition) is 4. The van der Waals surface area contributed by atoms with Gasteiger partial charge in [-0.05, 0) is 80.7 Å². The highest BCUT2D eigenvalue weighted by atomic mass is 16.2. The van der Waals surface area contributed by atoms with Crippen LogP contribution in [0.3, 0.4) is 0 Å². The van der Waals surface area contributed by atoms with Gasteiger partial charge in [0.15, 0.2) is 0 Å². The maximum atomic E-state index is 9.79. The first-order valence-corrected chi connectivity index (χ1v) is 10.3. The topological polar surface area (TPSA) is 57.6 Å². The maximum absolute atomic E-state index is 9.79. The van der Waals surface area contributed by atoms with Crippen LogP contribution < -0.4 is 0 Å². The summed E-state index contributed by atoms with van der Waals surface area (Å²) in [5.41, 5.74) is 3.32. The van der Waals surface area contributed by atoms with E-state index in [9.17, 15) is 5.02 Å². The minimum Gasteiger partial charge on any atom is -0.437 e. The largest absolute Gasteiger partial charge is 0.437 e. The summed E-state index contributed by atoms with van der Waals surface area (Å²) in [5, 5.41) is 12.6. The van der Waals surface area contributed by atoms with Crippen molar-refractivity contribution >= 4 is 24.0 Å². The number of rotatable bonds is 6. The third-order valence-electron chi connectivity index (χ3n) is 6.42. The highest BCUT2D eigenvalue weighted by molar-refractivity contribution is 6.45. The van der Waals surface area contributed by atoms with E-state index in [4.69, 9.17) is 9.59 Å². The van der Waals surface area contributed by atoms with Gasteiger partial charge < -0.3 is 9.83 Å². The predicted octanol–water partition coefficient (Wildman–Crippen LogP) is 4.49. The van der Waals surface area contributed by atoms with E-state index in [-0.39, 0.29) is 13.2 Å². The molecule has 0 atom stereocenters. The Bertz CT molecular complexity index is 792. The number of nitrogens with zero attached hydrogens (tertiary/aromatic N) is 1. The van der Waals surface area contributed by atoms with E-state index in [2.05, 4.69) is 55.1 Å². The number of carbonyl (C=O) groups excluding carboxylic acids is 2. The molecular formula is C23H32BNO3. The lowest BCUT2D eigenvalue weighted by atomic mass is 9.69. The molecule has 1 saturated heterocycles. The minimum absolute atomic E-state index is 0.250. The molecule has 0 saturated carbocycles. The van der Waals surface area contributed by atoms with Gasteiger partial charge in [-0.15, -0.1) is 0 Å². The minimum atomic E-state index is -0.297. The van der Waals surface area contributed by atoms with Crippen LogP contribution >= 0.6 is 0 Å². The molecule has 1 fully saturated rings. The summed E-state index contributed by atoms with van der Waals surface area (Å²) in [7, 11) is -0.297. The van der Waals surface area contributed by atoms with Gasteiger partial charge in [-0.3, -0.25) is 0 Å². The van der Waals surface area contributed by atoms with Crippen LogP contribution in [0.4, 0.5) is 0 Å². The van der Waals surface area contributed by atoms with Crippen molar-refractivity contribution in [2.24, 2.45) is 5.41 Å². The Morgan fingerprint density at radius 1 is 1.18 bits per heavy atom. The zero-order chi connectivity index (χ0) is 20.6. The Labute approximate surface area is 169 Å². The van der Waals surface area contributed by atoms with Crippen molar-refractivity contribution < 1.29 is 14.6 Å². The van der Waals surface area contributed by atoms with Crippen molar-refractivity contribution in [3.05, 3.63) is 47.5 Å². The molecule has 1 aliphatic rings. The summed E-state index contributed by atoms with van der Waals surface area (Å²) in [4.78, 5) is 18.5. The molecule has 1 N–H and O–H groups in total. The number of hydrogen-bond donors (Lipinski definition) is 1. The lowest BCUT2D eigenvalue weighted by molar-refractivity contribution is -0.191. The Morgan fingerprint density at radius 3 is 2.46 bits per heavy atom. The van der Waals surface area contributed by atoms with Crippen molar-refractivity contribution in [1.29, 1.82) is 0 Å². The van der Waals surface area contributed by atoms with E-state index in [1.54, 1.807) is 0 Å². The van der Waals surface area contributed by atoms with Crippen LogP contribution in [-0.2, 0) is 16.0 Å². The standard InChI is InChI=1S/C22H32BNO.CO2/c1-4-22(13-15-24(16-14-22)23(3)25)12-6-9-19-7-5-8-20-11-10-18(2)17-21(19)20;2-1-3/h5,7-8,10-11,17,25H,4,6,9,12-16H2,1-3H3;. The van der Waals surface area contributed by atoms with Crippen molar-refractivity contribution in [2.45, 2.75) is 59.2 Å². The first-order valence-electron chi connectivity index (χ1n) is 10.3. The predicted molar refractivity (Wildman–Crippen MR) is 114 cm³/mol. The molecule has 5 heteroatoms. The lowest BCUT2D eigenvalue weighted by Gasteiger charge is -2.42. The molecule has 0 aromatic heterocycles. The molecule has 150 valence electrons. The zero-order valence-electron chi connectivity index (χ0n) is 17.4. The number of benzene rings is 2. The number of fused-ring (bicyclic) bond motifs is 1. The summed E-state index contributed by atoms with van der Waals surface area (Å²) in [6.07, 6.45) is 7.69. The van der Waals surface area contributed by atoms with E-state index < -0.39 is 0 Å². The van der Waals surface area contributed by atoms with Gasteiger partial charge in [0.1, 0.15) is 0 Å². The van der Waals surface area contributed by atoms with E-state index in [0.717, 1.165) is 13.1 Å². The second-order valence-corrected chi connectivity index (χ2v) is 8.10. The molecule has 0 aliphatic carbocycles. The number of piperidine rings is 1. The molecule has 0 amide bonds. The molecular weight excluding hydrogens is 349 g/mol. The van der Waals surface area contributed by atoms with E-state index in [1.165, 1.54) is 60.4 Å². The first kappa shape index (κ1) is 22.4. The summed E-state index contributed by atoms with van der Waals surface area (Å²) in [6, 6.07) is 13.5. The Kier molecular flexibility index (Phi) is 8.44. The molecule has 3 rings (SSSR count). The molecule has 0 bridgehead atoms. The molecule has 0 spiro atoms. The van der Waals surface area contributed by atoms with Gasteiger partial charge in [0.05, 0.1) is 0 Å². The molecule has 0 radical (unpaired) electrons. The van der Waals surface area contributed by atoms with Crippen LogP contribution in [0, 0.1) is 12.3 Å².